The summed E-state index contributed by atoms with van der Waals surface area (Å²) in [5, 5.41) is 0. The standard InChI is InChI=1S/C15H38O3Si4/c1-19(2,3)16-21(6,7)18-22(8,9)17-20(4,5)15-13-11-10-12-14-15/h15H,10-14H2,1-9H3. The van der Waals surface area contributed by atoms with Crippen molar-refractivity contribution in [2.75, 3.05) is 0 Å². The Morgan fingerprint density at radius 3 is 1.50 bits per heavy atom. The van der Waals surface area contributed by atoms with Crippen molar-refractivity contribution in [1.29, 1.82) is 0 Å². The lowest BCUT2D eigenvalue weighted by Crippen LogP contribution is -2.56. The highest BCUT2D eigenvalue weighted by molar-refractivity contribution is 6.89. The average Bonchev–Trinajstić information content (AvgIpc) is 2.23. The van der Waals surface area contributed by atoms with Gasteiger partial charge in [-0.25, -0.2) is 0 Å². The second-order valence-electron chi connectivity index (χ2n) is 9.16. The summed E-state index contributed by atoms with van der Waals surface area (Å²) in [4.78, 5) is 0. The van der Waals surface area contributed by atoms with Crippen molar-refractivity contribution in [3.63, 3.8) is 0 Å². The number of hydrogen-bond acceptors (Lipinski definition) is 3. The van der Waals surface area contributed by atoms with Gasteiger partial charge >= 0.3 is 17.1 Å². The van der Waals surface area contributed by atoms with Crippen LogP contribution in [0.4, 0.5) is 0 Å². The van der Waals surface area contributed by atoms with Gasteiger partial charge in [-0.1, -0.05) is 32.1 Å². The summed E-state index contributed by atoms with van der Waals surface area (Å²) in [6.07, 6.45) is 6.88. The summed E-state index contributed by atoms with van der Waals surface area (Å²) in [7, 11) is -7.49. The van der Waals surface area contributed by atoms with E-state index in [0.717, 1.165) is 5.54 Å². The molecule has 0 aromatic carbocycles. The van der Waals surface area contributed by atoms with Crippen molar-refractivity contribution in [3.05, 3.63) is 0 Å². The molecule has 0 spiro atoms. The molecule has 3 nitrogen and oxygen atoms in total. The number of hydrogen-bond donors (Lipinski definition) is 0. The summed E-state index contributed by atoms with van der Waals surface area (Å²) in [6, 6.07) is 0. The first-order chi connectivity index (χ1) is 9.73. The van der Waals surface area contributed by atoms with Gasteiger partial charge in [-0.05, 0) is 64.5 Å². The van der Waals surface area contributed by atoms with E-state index in [1.54, 1.807) is 0 Å². The molecule has 7 heteroatoms. The SMILES string of the molecule is C[Si](C)(C)O[Si](C)(C)O[Si](C)(C)O[Si](C)(C)C1CCCCC1. The molecular weight excluding hydrogens is 341 g/mol. The van der Waals surface area contributed by atoms with Gasteiger partial charge in [-0.3, -0.25) is 0 Å². The molecule has 1 fully saturated rings. The summed E-state index contributed by atoms with van der Waals surface area (Å²) in [5.74, 6) is 0. The molecule has 0 bridgehead atoms. The zero-order valence-electron chi connectivity index (χ0n) is 16.3. The zero-order valence-corrected chi connectivity index (χ0v) is 20.3. The van der Waals surface area contributed by atoms with Crippen molar-refractivity contribution >= 4 is 33.8 Å². The molecule has 1 saturated carbocycles. The van der Waals surface area contributed by atoms with Gasteiger partial charge in [0.05, 0.1) is 0 Å². The Morgan fingerprint density at radius 2 is 1.05 bits per heavy atom. The van der Waals surface area contributed by atoms with Gasteiger partial charge in [0.2, 0.25) is 0 Å². The molecule has 0 radical (unpaired) electrons. The van der Waals surface area contributed by atoms with E-state index < -0.39 is 33.8 Å². The van der Waals surface area contributed by atoms with E-state index in [4.69, 9.17) is 12.3 Å². The van der Waals surface area contributed by atoms with Gasteiger partial charge in [0.25, 0.3) is 0 Å². The maximum Gasteiger partial charge on any atom is 0.312 e. The van der Waals surface area contributed by atoms with Gasteiger partial charge in [0.1, 0.15) is 0 Å². The normalized spacial score (nSPS) is 19.5. The minimum atomic E-state index is -2.14. The van der Waals surface area contributed by atoms with Gasteiger partial charge in [0, 0.05) is 0 Å². The van der Waals surface area contributed by atoms with Gasteiger partial charge in [0.15, 0.2) is 16.6 Å². The van der Waals surface area contributed by atoms with Gasteiger partial charge in [-0.2, -0.15) is 0 Å². The van der Waals surface area contributed by atoms with Crippen LogP contribution in [-0.4, -0.2) is 33.8 Å². The van der Waals surface area contributed by atoms with Crippen LogP contribution in [0.3, 0.4) is 0 Å². The third kappa shape index (κ3) is 7.54. The van der Waals surface area contributed by atoms with E-state index in [-0.39, 0.29) is 0 Å². The van der Waals surface area contributed by atoms with E-state index in [2.05, 4.69) is 58.9 Å². The maximum absolute atomic E-state index is 6.74. The van der Waals surface area contributed by atoms with Gasteiger partial charge in [-0.15, -0.1) is 0 Å². The fraction of sp³-hybridized carbons (Fsp3) is 1.00. The third-order valence-corrected chi connectivity index (χ3v) is 19.1. The average molecular weight is 379 g/mol. The van der Waals surface area contributed by atoms with Crippen LogP contribution in [0.5, 0.6) is 0 Å². The van der Waals surface area contributed by atoms with Crippen molar-refractivity contribution in [1.82, 2.24) is 0 Å². The number of rotatable bonds is 7. The highest BCUT2D eigenvalue weighted by Crippen LogP contribution is 2.39. The Bertz CT molecular complexity index is 358. The molecule has 1 aliphatic rings. The Kier molecular flexibility index (Phi) is 6.92. The minimum Gasteiger partial charge on any atom is -0.437 e. The minimum absolute atomic E-state index is 0.805. The Labute approximate surface area is 142 Å². The highest BCUT2D eigenvalue weighted by Gasteiger charge is 2.45. The smallest absolute Gasteiger partial charge is 0.312 e. The second-order valence-corrected chi connectivity index (χ2v) is 25.5. The van der Waals surface area contributed by atoms with Gasteiger partial charge < -0.3 is 12.3 Å². The largest absolute Gasteiger partial charge is 0.437 e. The van der Waals surface area contributed by atoms with Crippen LogP contribution in [0.2, 0.25) is 64.5 Å². The molecule has 0 unspecified atom stereocenters. The molecule has 0 aromatic heterocycles. The Hall–Kier alpha value is 0.748. The lowest BCUT2D eigenvalue weighted by atomic mass is 10.0. The van der Waals surface area contributed by atoms with Crippen LogP contribution in [0.1, 0.15) is 32.1 Å². The summed E-state index contributed by atoms with van der Waals surface area (Å²) < 4.78 is 19.6. The van der Waals surface area contributed by atoms with Crippen molar-refractivity contribution < 1.29 is 12.3 Å². The molecule has 1 aliphatic carbocycles. The topological polar surface area (TPSA) is 27.7 Å². The quantitative estimate of drug-likeness (QED) is 0.523. The van der Waals surface area contributed by atoms with Crippen LogP contribution in [0.25, 0.3) is 0 Å². The molecule has 0 atom stereocenters. The van der Waals surface area contributed by atoms with E-state index in [9.17, 15) is 0 Å². The highest BCUT2D eigenvalue weighted by atomic mass is 28.5. The van der Waals surface area contributed by atoms with E-state index >= 15 is 0 Å². The molecule has 22 heavy (non-hydrogen) atoms. The molecule has 0 aliphatic heterocycles. The van der Waals surface area contributed by atoms with Crippen molar-refractivity contribution in [2.24, 2.45) is 0 Å². The van der Waals surface area contributed by atoms with E-state index in [1.807, 2.05) is 0 Å². The van der Waals surface area contributed by atoms with Crippen LogP contribution < -0.4 is 0 Å². The molecule has 0 aromatic rings. The monoisotopic (exact) mass is 378 g/mol. The fourth-order valence-electron chi connectivity index (χ4n) is 3.89. The van der Waals surface area contributed by atoms with Crippen molar-refractivity contribution in [2.45, 2.75) is 96.6 Å². The van der Waals surface area contributed by atoms with Crippen LogP contribution >= 0.6 is 0 Å². The molecule has 132 valence electrons. The van der Waals surface area contributed by atoms with Crippen LogP contribution in [0, 0.1) is 0 Å². The Morgan fingerprint density at radius 1 is 0.591 bits per heavy atom. The summed E-state index contributed by atoms with van der Waals surface area (Å²) in [5.41, 5.74) is 0.805. The van der Waals surface area contributed by atoms with E-state index in [0.29, 0.717) is 0 Å². The second kappa shape index (κ2) is 7.33. The molecule has 0 N–H and O–H groups in total. The zero-order chi connectivity index (χ0) is 17.2. The predicted molar refractivity (Wildman–Crippen MR) is 106 cm³/mol. The molecule has 0 heterocycles. The van der Waals surface area contributed by atoms with E-state index in [1.165, 1.54) is 32.1 Å². The first-order valence-corrected chi connectivity index (χ1v) is 20.9. The van der Waals surface area contributed by atoms with Crippen molar-refractivity contribution in [3.8, 4) is 0 Å². The predicted octanol–water partition coefficient (Wildman–Crippen LogP) is 5.81. The lowest BCUT2D eigenvalue weighted by Gasteiger charge is -2.43. The maximum atomic E-state index is 6.74. The first-order valence-electron chi connectivity index (χ1n) is 8.83. The fourth-order valence-corrected chi connectivity index (χ4v) is 23.1. The first kappa shape index (κ1) is 20.8. The van der Waals surface area contributed by atoms with Crippen LogP contribution in [0.15, 0.2) is 0 Å². The van der Waals surface area contributed by atoms with Crippen LogP contribution in [-0.2, 0) is 12.3 Å². The molecular formula is C15H38O3Si4. The molecule has 0 amide bonds. The molecule has 1 rings (SSSR count). The summed E-state index contributed by atoms with van der Waals surface area (Å²) in [6.45, 7) is 20.3. The lowest BCUT2D eigenvalue weighted by molar-refractivity contribution is 0.321. The third-order valence-electron chi connectivity index (χ3n) is 4.14. The molecule has 0 saturated heterocycles. The summed E-state index contributed by atoms with van der Waals surface area (Å²) >= 11 is 0. The Balaban J connectivity index is 2.68.